The van der Waals surface area contributed by atoms with Gasteiger partial charge >= 0.3 is 5.97 Å². The summed E-state index contributed by atoms with van der Waals surface area (Å²) in [7, 11) is 0. The van der Waals surface area contributed by atoms with Crippen molar-refractivity contribution in [1.29, 1.82) is 0 Å². The van der Waals surface area contributed by atoms with Gasteiger partial charge in [0.15, 0.2) is 0 Å². The molecule has 0 bridgehead atoms. The van der Waals surface area contributed by atoms with Crippen molar-refractivity contribution in [2.75, 3.05) is 6.61 Å². The second-order valence-electron chi connectivity index (χ2n) is 2.74. The maximum Gasteiger partial charge on any atom is 0.339 e. The third-order valence-corrected chi connectivity index (χ3v) is 1.74. The van der Waals surface area contributed by atoms with Gasteiger partial charge in [0.25, 0.3) is 0 Å². The van der Waals surface area contributed by atoms with Gasteiger partial charge in [-0.15, -0.1) is 0 Å². The van der Waals surface area contributed by atoms with Gasteiger partial charge in [0.1, 0.15) is 11.3 Å². The molecule has 2 N–H and O–H groups in total. The van der Waals surface area contributed by atoms with Gasteiger partial charge in [0.2, 0.25) is 0 Å². The summed E-state index contributed by atoms with van der Waals surface area (Å²) in [5.74, 6) is -0.772. The van der Waals surface area contributed by atoms with Crippen LogP contribution in [-0.4, -0.2) is 29.1 Å². The molecule has 0 fully saturated rings. The van der Waals surface area contributed by atoms with Crippen LogP contribution in [0.25, 0.3) is 0 Å². The summed E-state index contributed by atoms with van der Waals surface area (Å²) in [6, 6.07) is 4.52. The van der Waals surface area contributed by atoms with Crippen LogP contribution >= 0.6 is 0 Å². The first-order chi connectivity index (χ1) is 7.19. The predicted molar refractivity (Wildman–Crippen MR) is 54.0 cm³/mol. The van der Waals surface area contributed by atoms with E-state index in [-0.39, 0.29) is 5.56 Å². The Morgan fingerprint density at radius 2 is 2.33 bits per heavy atom. The number of carboxylic acids is 1. The first kappa shape index (κ1) is 11.0. The number of oxime groups is 1. The zero-order valence-electron chi connectivity index (χ0n) is 8.17. The lowest BCUT2D eigenvalue weighted by molar-refractivity contribution is 0.0692. The Kier molecular flexibility index (Phi) is 3.68. The molecule has 1 aromatic rings. The highest BCUT2D eigenvalue weighted by molar-refractivity contribution is 5.93. The fraction of sp³-hybridized carbons (Fsp3) is 0.200. The highest BCUT2D eigenvalue weighted by Gasteiger charge is 2.11. The summed E-state index contributed by atoms with van der Waals surface area (Å²) in [5, 5.41) is 20.0. The zero-order valence-corrected chi connectivity index (χ0v) is 8.17. The number of rotatable bonds is 4. The Labute approximate surface area is 86.6 Å². The molecular formula is C10H11NO4. The van der Waals surface area contributed by atoms with Crippen LogP contribution in [0.4, 0.5) is 0 Å². The number of carbonyl (C=O) groups is 1. The third-order valence-electron chi connectivity index (χ3n) is 1.74. The number of benzene rings is 1. The van der Waals surface area contributed by atoms with Crippen LogP contribution in [0.5, 0.6) is 5.75 Å². The average Bonchev–Trinajstić information content (AvgIpc) is 2.21. The molecular weight excluding hydrogens is 198 g/mol. The van der Waals surface area contributed by atoms with Crippen molar-refractivity contribution in [3.8, 4) is 5.75 Å². The van der Waals surface area contributed by atoms with Crippen molar-refractivity contribution in [2.24, 2.45) is 5.16 Å². The molecule has 1 rings (SSSR count). The molecule has 0 aromatic heterocycles. The molecule has 0 unspecified atom stereocenters. The highest BCUT2D eigenvalue weighted by Crippen LogP contribution is 2.19. The summed E-state index contributed by atoms with van der Waals surface area (Å²) < 4.78 is 5.14. The molecule has 0 spiro atoms. The lowest BCUT2D eigenvalue weighted by Crippen LogP contribution is -2.03. The van der Waals surface area contributed by atoms with E-state index in [2.05, 4.69) is 5.16 Å². The SMILES string of the molecule is CCOc1ccc(/C=N/O)cc1C(=O)O. The lowest BCUT2D eigenvalue weighted by Gasteiger charge is -2.07. The standard InChI is InChI=1S/C10H11NO4/c1-2-15-9-4-3-7(6-11-14)5-8(9)10(12)13/h3-6,14H,2H2,1H3,(H,12,13)/b11-6+. The fourth-order valence-corrected chi connectivity index (χ4v) is 1.14. The summed E-state index contributed by atoms with van der Waals surface area (Å²) in [5.41, 5.74) is 0.549. The zero-order chi connectivity index (χ0) is 11.3. The molecule has 0 saturated heterocycles. The van der Waals surface area contributed by atoms with E-state index in [0.717, 1.165) is 6.21 Å². The Bertz CT molecular complexity index is 387. The molecule has 0 aliphatic rings. The van der Waals surface area contributed by atoms with Gasteiger partial charge < -0.3 is 15.1 Å². The van der Waals surface area contributed by atoms with Crippen LogP contribution in [0, 0.1) is 0 Å². The lowest BCUT2D eigenvalue weighted by atomic mass is 10.1. The van der Waals surface area contributed by atoms with Crippen LogP contribution in [0.15, 0.2) is 23.4 Å². The molecule has 0 aliphatic heterocycles. The number of ether oxygens (including phenoxy) is 1. The summed E-state index contributed by atoms with van der Waals surface area (Å²) in [6.45, 7) is 2.17. The van der Waals surface area contributed by atoms with Crippen molar-refractivity contribution in [2.45, 2.75) is 6.92 Å². The molecule has 0 radical (unpaired) electrons. The first-order valence-corrected chi connectivity index (χ1v) is 4.36. The summed E-state index contributed by atoms with van der Waals surface area (Å²) in [6.07, 6.45) is 1.15. The Balaban J connectivity index is 3.14. The monoisotopic (exact) mass is 209 g/mol. The quantitative estimate of drug-likeness (QED) is 0.448. The summed E-state index contributed by atoms with van der Waals surface area (Å²) >= 11 is 0. The van der Waals surface area contributed by atoms with Gasteiger partial charge in [0, 0.05) is 0 Å². The van der Waals surface area contributed by atoms with Gasteiger partial charge in [-0.2, -0.15) is 0 Å². The van der Waals surface area contributed by atoms with Crippen LogP contribution in [-0.2, 0) is 0 Å². The number of aromatic carboxylic acids is 1. The molecule has 0 heterocycles. The summed E-state index contributed by atoms with van der Waals surface area (Å²) in [4.78, 5) is 10.9. The van der Waals surface area contributed by atoms with Crippen LogP contribution in [0.2, 0.25) is 0 Å². The number of hydrogen-bond donors (Lipinski definition) is 2. The third kappa shape index (κ3) is 2.70. The van der Waals surface area contributed by atoms with E-state index < -0.39 is 5.97 Å². The Morgan fingerprint density at radius 3 is 2.87 bits per heavy atom. The maximum absolute atomic E-state index is 10.9. The van der Waals surface area contributed by atoms with Crippen LogP contribution < -0.4 is 4.74 Å². The van der Waals surface area contributed by atoms with E-state index in [4.69, 9.17) is 15.1 Å². The van der Waals surface area contributed by atoms with Crippen molar-refractivity contribution in [3.05, 3.63) is 29.3 Å². The van der Waals surface area contributed by atoms with E-state index in [0.29, 0.717) is 17.9 Å². The van der Waals surface area contributed by atoms with Gasteiger partial charge in [-0.3, -0.25) is 0 Å². The Morgan fingerprint density at radius 1 is 1.60 bits per heavy atom. The van der Waals surface area contributed by atoms with Gasteiger partial charge in [-0.1, -0.05) is 5.16 Å². The minimum absolute atomic E-state index is 0.0502. The van der Waals surface area contributed by atoms with E-state index in [1.807, 2.05) is 0 Å². The first-order valence-electron chi connectivity index (χ1n) is 4.36. The second kappa shape index (κ2) is 4.99. The van der Waals surface area contributed by atoms with Gasteiger partial charge in [-0.25, -0.2) is 4.79 Å². The van der Waals surface area contributed by atoms with E-state index in [9.17, 15) is 4.79 Å². The topological polar surface area (TPSA) is 79.1 Å². The average molecular weight is 209 g/mol. The predicted octanol–water partition coefficient (Wildman–Crippen LogP) is 1.59. The Hall–Kier alpha value is -2.04. The van der Waals surface area contributed by atoms with E-state index in [1.54, 1.807) is 13.0 Å². The van der Waals surface area contributed by atoms with Crippen LogP contribution in [0.1, 0.15) is 22.8 Å². The van der Waals surface area contributed by atoms with E-state index >= 15 is 0 Å². The maximum atomic E-state index is 10.9. The highest BCUT2D eigenvalue weighted by atomic mass is 16.5. The van der Waals surface area contributed by atoms with E-state index in [1.165, 1.54) is 12.1 Å². The van der Waals surface area contributed by atoms with Crippen molar-refractivity contribution < 1.29 is 19.8 Å². The normalized spacial score (nSPS) is 10.5. The second-order valence-corrected chi connectivity index (χ2v) is 2.74. The number of nitrogens with zero attached hydrogens (tertiary/aromatic N) is 1. The smallest absolute Gasteiger partial charge is 0.339 e. The van der Waals surface area contributed by atoms with Crippen molar-refractivity contribution >= 4 is 12.2 Å². The molecule has 0 aliphatic carbocycles. The largest absolute Gasteiger partial charge is 0.493 e. The molecule has 0 saturated carbocycles. The molecule has 1 aromatic carbocycles. The number of hydrogen-bond acceptors (Lipinski definition) is 4. The minimum atomic E-state index is -1.08. The minimum Gasteiger partial charge on any atom is -0.493 e. The van der Waals surface area contributed by atoms with Crippen molar-refractivity contribution in [1.82, 2.24) is 0 Å². The molecule has 5 nitrogen and oxygen atoms in total. The van der Waals surface area contributed by atoms with Crippen molar-refractivity contribution in [3.63, 3.8) is 0 Å². The molecule has 15 heavy (non-hydrogen) atoms. The van der Waals surface area contributed by atoms with Gasteiger partial charge in [-0.05, 0) is 30.7 Å². The molecule has 0 atom stereocenters. The van der Waals surface area contributed by atoms with Crippen LogP contribution in [0.3, 0.4) is 0 Å². The fourth-order valence-electron chi connectivity index (χ4n) is 1.14. The molecule has 80 valence electrons. The number of carboxylic acid groups (broad SMARTS) is 1. The molecule has 5 heteroatoms. The van der Waals surface area contributed by atoms with Gasteiger partial charge in [0.05, 0.1) is 12.8 Å². The molecule has 0 amide bonds.